The number of hydrogen-bond acceptors (Lipinski definition) is 4. The lowest BCUT2D eigenvalue weighted by molar-refractivity contribution is 0.340. The second kappa shape index (κ2) is 6.25. The van der Waals surface area contributed by atoms with Crippen molar-refractivity contribution < 1.29 is 8.91 Å². The Labute approximate surface area is 119 Å². The number of nitrogens with one attached hydrogen (secondary N) is 1. The summed E-state index contributed by atoms with van der Waals surface area (Å²) in [4.78, 5) is 4.30. The summed E-state index contributed by atoms with van der Waals surface area (Å²) < 4.78 is 19.2. The average Bonchev–Trinajstić information content (AvgIpc) is 2.88. The zero-order valence-electron chi connectivity index (χ0n) is 10.8. The molecule has 1 aromatic heterocycles. The van der Waals surface area contributed by atoms with Crippen LogP contribution in [0.4, 0.5) is 4.39 Å². The highest BCUT2D eigenvalue weighted by atomic mass is 79.9. The summed E-state index contributed by atoms with van der Waals surface area (Å²) in [7, 11) is 0. The number of halogens is 2. The first-order valence-electron chi connectivity index (χ1n) is 6.14. The lowest BCUT2D eigenvalue weighted by Gasteiger charge is -2.06. The molecule has 0 aliphatic heterocycles. The second-order valence-electron chi connectivity index (χ2n) is 4.26. The number of aromatic nitrogens is 2. The summed E-state index contributed by atoms with van der Waals surface area (Å²) in [6, 6.07) is 4.36. The summed E-state index contributed by atoms with van der Waals surface area (Å²) in [5.41, 5.74) is 0.581. The van der Waals surface area contributed by atoms with Crippen LogP contribution < -0.4 is 5.32 Å². The van der Waals surface area contributed by atoms with E-state index in [1.54, 1.807) is 6.07 Å². The standard InChI is InChI=1S/C13H15BrFN3O/c1-3-6-16-8(2)13-17-12(18-19-13)10-7-9(15)4-5-11(10)14/h4-5,7-8,16H,3,6H2,1-2H3. The van der Waals surface area contributed by atoms with Crippen molar-refractivity contribution in [3.8, 4) is 11.4 Å². The van der Waals surface area contributed by atoms with Crippen molar-refractivity contribution in [3.05, 3.63) is 34.4 Å². The molecular formula is C13H15BrFN3O. The van der Waals surface area contributed by atoms with Crippen molar-refractivity contribution in [3.63, 3.8) is 0 Å². The first kappa shape index (κ1) is 14.1. The quantitative estimate of drug-likeness (QED) is 0.909. The molecule has 4 nitrogen and oxygen atoms in total. The van der Waals surface area contributed by atoms with Crippen molar-refractivity contribution in [1.29, 1.82) is 0 Å². The molecule has 0 fully saturated rings. The van der Waals surface area contributed by atoms with E-state index in [1.807, 2.05) is 6.92 Å². The highest BCUT2D eigenvalue weighted by Crippen LogP contribution is 2.27. The molecule has 1 N–H and O–H groups in total. The van der Waals surface area contributed by atoms with Crippen molar-refractivity contribution in [1.82, 2.24) is 15.5 Å². The van der Waals surface area contributed by atoms with Gasteiger partial charge in [0.05, 0.1) is 6.04 Å². The van der Waals surface area contributed by atoms with Crippen LogP contribution in [-0.4, -0.2) is 16.7 Å². The Morgan fingerprint density at radius 1 is 1.47 bits per heavy atom. The molecule has 1 unspecified atom stereocenters. The first-order valence-corrected chi connectivity index (χ1v) is 6.93. The molecule has 0 radical (unpaired) electrons. The van der Waals surface area contributed by atoms with E-state index in [0.29, 0.717) is 17.3 Å². The van der Waals surface area contributed by atoms with Gasteiger partial charge in [0, 0.05) is 10.0 Å². The molecule has 0 spiro atoms. The van der Waals surface area contributed by atoms with E-state index in [9.17, 15) is 4.39 Å². The fourth-order valence-corrected chi connectivity index (χ4v) is 2.06. The van der Waals surface area contributed by atoms with E-state index in [1.165, 1.54) is 12.1 Å². The predicted molar refractivity (Wildman–Crippen MR) is 74.1 cm³/mol. The highest BCUT2D eigenvalue weighted by Gasteiger charge is 2.16. The van der Waals surface area contributed by atoms with Crippen LogP contribution in [0.3, 0.4) is 0 Å². The van der Waals surface area contributed by atoms with Gasteiger partial charge in [0.15, 0.2) is 0 Å². The maximum atomic E-state index is 13.2. The Kier molecular flexibility index (Phi) is 4.66. The summed E-state index contributed by atoms with van der Waals surface area (Å²) in [6.45, 7) is 4.92. The van der Waals surface area contributed by atoms with Gasteiger partial charge in [-0.1, -0.05) is 28.0 Å². The van der Waals surface area contributed by atoms with E-state index in [2.05, 4.69) is 38.3 Å². The minimum Gasteiger partial charge on any atom is -0.337 e. The van der Waals surface area contributed by atoms with Crippen LogP contribution in [0.25, 0.3) is 11.4 Å². The Hall–Kier alpha value is -1.27. The van der Waals surface area contributed by atoms with E-state index >= 15 is 0 Å². The van der Waals surface area contributed by atoms with Crippen molar-refractivity contribution in [2.24, 2.45) is 0 Å². The molecule has 0 aliphatic carbocycles. The lowest BCUT2D eigenvalue weighted by Crippen LogP contribution is -2.19. The van der Waals surface area contributed by atoms with Crippen LogP contribution in [0.5, 0.6) is 0 Å². The minimum atomic E-state index is -0.332. The number of nitrogens with zero attached hydrogens (tertiary/aromatic N) is 2. The van der Waals surface area contributed by atoms with E-state index in [0.717, 1.165) is 17.4 Å². The molecule has 0 saturated carbocycles. The Balaban J connectivity index is 2.23. The first-order chi connectivity index (χ1) is 9.11. The van der Waals surface area contributed by atoms with Gasteiger partial charge in [-0.05, 0) is 38.1 Å². The van der Waals surface area contributed by atoms with Gasteiger partial charge < -0.3 is 9.84 Å². The van der Waals surface area contributed by atoms with Gasteiger partial charge in [-0.2, -0.15) is 4.98 Å². The van der Waals surface area contributed by atoms with Crippen molar-refractivity contribution in [2.75, 3.05) is 6.54 Å². The topological polar surface area (TPSA) is 51.0 Å². The highest BCUT2D eigenvalue weighted by molar-refractivity contribution is 9.10. The van der Waals surface area contributed by atoms with Crippen LogP contribution >= 0.6 is 15.9 Å². The molecular weight excluding hydrogens is 313 g/mol. The van der Waals surface area contributed by atoms with Crippen molar-refractivity contribution in [2.45, 2.75) is 26.3 Å². The molecule has 1 atom stereocenters. The van der Waals surface area contributed by atoms with Gasteiger partial charge in [0.25, 0.3) is 0 Å². The van der Waals surface area contributed by atoms with Gasteiger partial charge in [-0.3, -0.25) is 0 Å². The Morgan fingerprint density at radius 3 is 3.00 bits per heavy atom. The number of benzene rings is 1. The summed E-state index contributed by atoms with van der Waals surface area (Å²) in [6.07, 6.45) is 1.03. The molecule has 0 saturated heterocycles. The third kappa shape index (κ3) is 3.39. The Bertz CT molecular complexity index is 559. The van der Waals surface area contributed by atoms with Crippen LogP contribution in [0.15, 0.2) is 27.2 Å². The molecule has 0 bridgehead atoms. The molecule has 2 aromatic rings. The monoisotopic (exact) mass is 327 g/mol. The normalized spacial score (nSPS) is 12.6. The van der Waals surface area contributed by atoms with Crippen LogP contribution in [0.1, 0.15) is 32.2 Å². The lowest BCUT2D eigenvalue weighted by atomic mass is 10.2. The fourth-order valence-electron chi connectivity index (χ4n) is 1.64. The van der Waals surface area contributed by atoms with Crippen LogP contribution in [0.2, 0.25) is 0 Å². The van der Waals surface area contributed by atoms with Gasteiger partial charge in [0.1, 0.15) is 5.82 Å². The fraction of sp³-hybridized carbons (Fsp3) is 0.385. The summed E-state index contributed by atoms with van der Waals surface area (Å²) in [5.74, 6) is 0.549. The maximum Gasteiger partial charge on any atom is 0.243 e. The molecule has 6 heteroatoms. The summed E-state index contributed by atoms with van der Waals surface area (Å²) in [5, 5.41) is 7.15. The van der Waals surface area contributed by atoms with Gasteiger partial charge in [-0.25, -0.2) is 4.39 Å². The van der Waals surface area contributed by atoms with E-state index in [-0.39, 0.29) is 11.9 Å². The molecule has 1 heterocycles. The third-order valence-electron chi connectivity index (χ3n) is 2.68. The SMILES string of the molecule is CCCNC(C)c1nc(-c2cc(F)ccc2Br)no1. The van der Waals surface area contributed by atoms with E-state index < -0.39 is 0 Å². The molecule has 0 aliphatic rings. The van der Waals surface area contributed by atoms with Gasteiger partial charge >= 0.3 is 0 Å². The zero-order valence-corrected chi connectivity index (χ0v) is 12.4. The predicted octanol–water partition coefficient (Wildman–Crippen LogP) is 3.70. The minimum absolute atomic E-state index is 0.0199. The van der Waals surface area contributed by atoms with E-state index in [4.69, 9.17) is 4.52 Å². The molecule has 0 amide bonds. The third-order valence-corrected chi connectivity index (χ3v) is 3.37. The molecule has 2 rings (SSSR count). The molecule has 1 aromatic carbocycles. The zero-order chi connectivity index (χ0) is 13.8. The average molecular weight is 328 g/mol. The maximum absolute atomic E-state index is 13.2. The van der Waals surface area contributed by atoms with Crippen LogP contribution in [0, 0.1) is 5.82 Å². The molecule has 102 valence electrons. The Morgan fingerprint density at radius 2 is 2.26 bits per heavy atom. The van der Waals surface area contributed by atoms with Gasteiger partial charge in [0.2, 0.25) is 11.7 Å². The van der Waals surface area contributed by atoms with Crippen molar-refractivity contribution >= 4 is 15.9 Å². The second-order valence-corrected chi connectivity index (χ2v) is 5.11. The smallest absolute Gasteiger partial charge is 0.243 e. The largest absolute Gasteiger partial charge is 0.337 e. The summed E-state index contributed by atoms with van der Waals surface area (Å²) >= 11 is 3.35. The number of hydrogen-bond donors (Lipinski definition) is 1. The van der Waals surface area contributed by atoms with Gasteiger partial charge in [-0.15, -0.1) is 0 Å². The molecule has 19 heavy (non-hydrogen) atoms. The van der Waals surface area contributed by atoms with Crippen LogP contribution in [-0.2, 0) is 0 Å². The number of rotatable bonds is 5.